The number of amides is 1. The van der Waals surface area contributed by atoms with Gasteiger partial charge in [-0.2, -0.15) is 0 Å². The maximum absolute atomic E-state index is 12.4. The van der Waals surface area contributed by atoms with Crippen LogP contribution in [-0.4, -0.2) is 23.0 Å². The van der Waals surface area contributed by atoms with Crippen molar-refractivity contribution in [2.45, 2.75) is 0 Å². The van der Waals surface area contributed by atoms with Crippen LogP contribution in [0.3, 0.4) is 0 Å². The molecule has 1 amide bonds. The van der Waals surface area contributed by atoms with Gasteiger partial charge in [0, 0.05) is 28.0 Å². The number of benzene rings is 1. The molecule has 0 fully saturated rings. The summed E-state index contributed by atoms with van der Waals surface area (Å²) in [7, 11) is 1.57. The van der Waals surface area contributed by atoms with Gasteiger partial charge in [0.25, 0.3) is 5.91 Å². The molecule has 0 atom stereocenters. The van der Waals surface area contributed by atoms with Crippen molar-refractivity contribution in [2.24, 2.45) is 0 Å². The van der Waals surface area contributed by atoms with Crippen molar-refractivity contribution in [3.63, 3.8) is 0 Å². The summed E-state index contributed by atoms with van der Waals surface area (Å²) in [6.45, 7) is 0. The summed E-state index contributed by atoms with van der Waals surface area (Å²) in [4.78, 5) is 20.8. The van der Waals surface area contributed by atoms with E-state index < -0.39 is 0 Å². The number of aromatic nitrogens is 2. The molecule has 1 N–H and O–H groups in total. The molecule has 25 heavy (non-hydrogen) atoms. The summed E-state index contributed by atoms with van der Waals surface area (Å²) in [6.07, 6.45) is 3.27. The molecular weight excluding hydrogens is 406 g/mol. The van der Waals surface area contributed by atoms with Gasteiger partial charge >= 0.3 is 0 Å². The number of carbonyl (C=O) groups excluding carboxylic acids is 1. The first-order valence-electron chi connectivity index (χ1n) is 7.30. The van der Waals surface area contributed by atoms with E-state index in [1.807, 2.05) is 0 Å². The van der Waals surface area contributed by atoms with Gasteiger partial charge in [0.05, 0.1) is 12.1 Å². The normalized spacial score (nSPS) is 10.4. The molecule has 0 saturated heterocycles. The third kappa shape index (κ3) is 3.97. The number of nitrogens with zero attached hydrogens (tertiary/aromatic N) is 2. The molecule has 126 valence electrons. The second-order valence-corrected chi connectivity index (χ2v) is 6.39. The van der Waals surface area contributed by atoms with Crippen molar-refractivity contribution in [3.05, 3.63) is 69.9 Å². The Bertz CT molecular complexity index is 916. The highest BCUT2D eigenvalue weighted by molar-refractivity contribution is 9.10. The maximum atomic E-state index is 12.4. The zero-order chi connectivity index (χ0) is 17.8. The number of halogens is 2. The van der Waals surface area contributed by atoms with Crippen LogP contribution in [0, 0.1) is 0 Å². The molecule has 0 aliphatic heterocycles. The molecular formula is C18H13BrClN3O2. The fourth-order valence-electron chi connectivity index (χ4n) is 2.24. The Balaban J connectivity index is 1.86. The van der Waals surface area contributed by atoms with Gasteiger partial charge in [-0.25, -0.2) is 4.98 Å². The van der Waals surface area contributed by atoms with Crippen molar-refractivity contribution in [3.8, 4) is 17.0 Å². The van der Waals surface area contributed by atoms with Crippen LogP contribution in [0.1, 0.15) is 10.4 Å². The van der Waals surface area contributed by atoms with E-state index in [2.05, 4.69) is 31.2 Å². The quantitative estimate of drug-likeness (QED) is 0.660. The lowest BCUT2D eigenvalue weighted by Gasteiger charge is -2.10. The first kappa shape index (κ1) is 17.4. The number of anilines is 1. The average Bonchev–Trinajstić information content (AvgIpc) is 2.63. The predicted octanol–water partition coefficient (Wildman–Crippen LogP) is 4.82. The minimum Gasteiger partial charge on any atom is -0.494 e. The molecule has 2 heterocycles. The monoisotopic (exact) mass is 417 g/mol. The molecule has 0 bridgehead atoms. The summed E-state index contributed by atoms with van der Waals surface area (Å²) in [5.41, 5.74) is 1.74. The van der Waals surface area contributed by atoms with E-state index >= 15 is 0 Å². The number of hydrogen-bond donors (Lipinski definition) is 1. The molecule has 0 saturated carbocycles. The zero-order valence-electron chi connectivity index (χ0n) is 13.2. The smallest absolute Gasteiger partial charge is 0.256 e. The Labute approximate surface area is 158 Å². The van der Waals surface area contributed by atoms with Gasteiger partial charge in [-0.1, -0.05) is 17.7 Å². The number of nitrogens with one attached hydrogen (secondary N) is 1. The molecule has 0 spiro atoms. The Morgan fingerprint density at radius 2 is 2.04 bits per heavy atom. The molecule has 0 aliphatic rings. The Morgan fingerprint density at radius 1 is 1.20 bits per heavy atom. The van der Waals surface area contributed by atoms with Gasteiger partial charge in [-0.05, 0) is 52.3 Å². The molecule has 0 aliphatic carbocycles. The van der Waals surface area contributed by atoms with Crippen molar-refractivity contribution in [2.75, 3.05) is 12.4 Å². The Hall–Kier alpha value is -2.44. The van der Waals surface area contributed by atoms with Crippen molar-refractivity contribution in [1.29, 1.82) is 0 Å². The second kappa shape index (κ2) is 7.63. The Kier molecular flexibility index (Phi) is 5.31. The van der Waals surface area contributed by atoms with Crippen LogP contribution in [0.4, 0.5) is 5.82 Å². The second-order valence-electron chi connectivity index (χ2n) is 5.06. The highest BCUT2D eigenvalue weighted by atomic mass is 79.9. The van der Waals surface area contributed by atoms with Gasteiger partial charge in [-0.3, -0.25) is 9.78 Å². The van der Waals surface area contributed by atoms with Crippen LogP contribution in [0.15, 0.2) is 59.3 Å². The summed E-state index contributed by atoms with van der Waals surface area (Å²) < 4.78 is 6.14. The molecule has 3 rings (SSSR count). The van der Waals surface area contributed by atoms with Gasteiger partial charge in [0.2, 0.25) is 0 Å². The van der Waals surface area contributed by atoms with Crippen LogP contribution in [-0.2, 0) is 0 Å². The van der Waals surface area contributed by atoms with E-state index in [9.17, 15) is 4.79 Å². The predicted molar refractivity (Wildman–Crippen MR) is 101 cm³/mol. The minimum atomic E-state index is -0.295. The molecule has 0 radical (unpaired) electrons. The van der Waals surface area contributed by atoms with Gasteiger partial charge in [0.15, 0.2) is 0 Å². The zero-order valence-corrected chi connectivity index (χ0v) is 15.5. The highest BCUT2D eigenvalue weighted by Gasteiger charge is 2.14. The van der Waals surface area contributed by atoms with Gasteiger partial charge < -0.3 is 10.1 Å². The highest BCUT2D eigenvalue weighted by Crippen LogP contribution is 2.33. The van der Waals surface area contributed by atoms with Crippen molar-refractivity contribution in [1.82, 2.24) is 9.97 Å². The third-order valence-electron chi connectivity index (χ3n) is 3.45. The number of rotatable bonds is 4. The fourth-order valence-corrected chi connectivity index (χ4v) is 2.75. The van der Waals surface area contributed by atoms with Gasteiger partial charge in [-0.15, -0.1) is 0 Å². The van der Waals surface area contributed by atoms with E-state index in [1.54, 1.807) is 62.0 Å². The van der Waals surface area contributed by atoms with Crippen LogP contribution in [0.25, 0.3) is 11.3 Å². The largest absolute Gasteiger partial charge is 0.494 e. The molecule has 3 aromatic rings. The van der Waals surface area contributed by atoms with E-state index in [0.717, 1.165) is 4.47 Å². The van der Waals surface area contributed by atoms with E-state index in [1.165, 1.54) is 0 Å². The number of hydrogen-bond acceptors (Lipinski definition) is 4. The molecule has 5 nitrogen and oxygen atoms in total. The van der Waals surface area contributed by atoms with Crippen molar-refractivity contribution < 1.29 is 9.53 Å². The lowest BCUT2D eigenvalue weighted by molar-refractivity contribution is 0.102. The number of carbonyl (C=O) groups is 1. The van der Waals surface area contributed by atoms with Crippen molar-refractivity contribution >= 4 is 39.3 Å². The summed E-state index contributed by atoms with van der Waals surface area (Å²) in [5, 5.41) is 3.14. The topological polar surface area (TPSA) is 64.1 Å². The average molecular weight is 419 g/mol. The van der Waals surface area contributed by atoms with Crippen LogP contribution >= 0.6 is 27.5 Å². The third-order valence-corrected chi connectivity index (χ3v) is 4.23. The molecule has 1 aromatic carbocycles. The lowest BCUT2D eigenvalue weighted by Crippen LogP contribution is -2.12. The number of methoxy groups -OCH3 is 1. The lowest BCUT2D eigenvalue weighted by atomic mass is 10.1. The summed E-state index contributed by atoms with van der Waals surface area (Å²) >= 11 is 9.66. The number of ether oxygens (including phenoxy) is 1. The summed E-state index contributed by atoms with van der Waals surface area (Å²) in [6, 6.07) is 12.1. The fraction of sp³-hybridized carbons (Fsp3) is 0.0556. The van der Waals surface area contributed by atoms with Gasteiger partial charge in [0.1, 0.15) is 17.3 Å². The first-order chi connectivity index (χ1) is 12.1. The van der Waals surface area contributed by atoms with E-state index in [4.69, 9.17) is 16.3 Å². The molecule has 7 heteroatoms. The van der Waals surface area contributed by atoms with Crippen LogP contribution in [0.2, 0.25) is 5.02 Å². The standard InChI is InChI=1S/C18H13BrClN3O2/c1-25-15-3-2-8-21-17(15)13-6-4-11(9-14(13)20)18(24)23-16-7-5-12(19)10-22-16/h2-10H,1H3,(H,22,23,24). The SMILES string of the molecule is COc1cccnc1-c1ccc(C(=O)Nc2ccc(Br)cn2)cc1Cl. The maximum Gasteiger partial charge on any atom is 0.256 e. The summed E-state index contributed by atoms with van der Waals surface area (Å²) in [5.74, 6) is 0.775. The van der Waals surface area contributed by atoms with E-state index in [0.29, 0.717) is 33.4 Å². The molecule has 2 aromatic heterocycles. The molecule has 0 unspecified atom stereocenters. The van der Waals surface area contributed by atoms with Crippen LogP contribution < -0.4 is 10.1 Å². The van der Waals surface area contributed by atoms with Crippen LogP contribution in [0.5, 0.6) is 5.75 Å². The Morgan fingerprint density at radius 3 is 2.72 bits per heavy atom. The van der Waals surface area contributed by atoms with E-state index in [-0.39, 0.29) is 5.91 Å². The first-order valence-corrected chi connectivity index (χ1v) is 8.47. The number of pyridine rings is 2. The minimum absolute atomic E-state index is 0.295.